The van der Waals surface area contributed by atoms with Gasteiger partial charge in [0.15, 0.2) is 5.58 Å². The maximum atomic E-state index is 11.7. The number of aldehydes is 1. The average Bonchev–Trinajstić information content (AvgIpc) is 2.64. The van der Waals surface area contributed by atoms with Gasteiger partial charge in [0, 0.05) is 12.5 Å². The summed E-state index contributed by atoms with van der Waals surface area (Å²) >= 11 is 0. The van der Waals surface area contributed by atoms with Crippen LogP contribution in [0.25, 0.3) is 11.1 Å². The molecule has 0 bridgehead atoms. The van der Waals surface area contributed by atoms with E-state index in [-0.39, 0.29) is 17.7 Å². The number of carbonyl (C=O) groups is 1. The molecular formula is C14H17NO3. The van der Waals surface area contributed by atoms with Crippen LogP contribution >= 0.6 is 0 Å². The zero-order valence-electron chi connectivity index (χ0n) is 10.8. The van der Waals surface area contributed by atoms with E-state index in [0.717, 1.165) is 17.4 Å². The van der Waals surface area contributed by atoms with Gasteiger partial charge < -0.3 is 9.21 Å². The highest BCUT2D eigenvalue weighted by molar-refractivity contribution is 5.74. The summed E-state index contributed by atoms with van der Waals surface area (Å²) in [4.78, 5) is 22.3. The molecule has 0 saturated heterocycles. The van der Waals surface area contributed by atoms with Crippen molar-refractivity contribution in [1.29, 1.82) is 0 Å². The number of hydrogen-bond acceptors (Lipinski definition) is 3. The van der Waals surface area contributed by atoms with Crippen LogP contribution in [0, 0.1) is 0 Å². The summed E-state index contributed by atoms with van der Waals surface area (Å²) < 4.78 is 6.82. The van der Waals surface area contributed by atoms with E-state index in [0.29, 0.717) is 12.0 Å². The highest BCUT2D eigenvalue weighted by Crippen LogP contribution is 2.24. The number of nitrogens with zero attached hydrogens (tertiary/aromatic N) is 1. The number of carbonyl (C=O) groups excluding carboxylic acids is 1. The van der Waals surface area contributed by atoms with Gasteiger partial charge in [-0.3, -0.25) is 4.57 Å². The maximum Gasteiger partial charge on any atom is 0.420 e. The first-order valence-electron chi connectivity index (χ1n) is 6.13. The molecule has 2 rings (SSSR count). The van der Waals surface area contributed by atoms with Crippen molar-refractivity contribution in [2.75, 3.05) is 0 Å². The van der Waals surface area contributed by atoms with E-state index in [1.165, 1.54) is 0 Å². The molecule has 0 spiro atoms. The van der Waals surface area contributed by atoms with Gasteiger partial charge in [0.1, 0.15) is 6.29 Å². The molecule has 4 nitrogen and oxygen atoms in total. The van der Waals surface area contributed by atoms with Crippen LogP contribution in [0.1, 0.15) is 44.7 Å². The second-order valence-electron chi connectivity index (χ2n) is 4.86. The van der Waals surface area contributed by atoms with E-state index in [1.54, 1.807) is 10.6 Å². The Morgan fingerprint density at radius 1 is 1.33 bits per heavy atom. The van der Waals surface area contributed by atoms with Gasteiger partial charge in [-0.15, -0.1) is 0 Å². The van der Waals surface area contributed by atoms with E-state index < -0.39 is 0 Å². The van der Waals surface area contributed by atoms with Crippen molar-refractivity contribution < 1.29 is 9.21 Å². The second kappa shape index (κ2) is 4.80. The number of oxazole rings is 1. The standard InChI is InChI=1S/C14H17NO3/c1-9(2)15-12-8-11(10(3)6-7-16)4-5-13(12)18-14(15)17/h4-5,7-10H,6H2,1-3H3. The lowest BCUT2D eigenvalue weighted by Crippen LogP contribution is -2.16. The van der Waals surface area contributed by atoms with Crippen molar-refractivity contribution in [3.63, 3.8) is 0 Å². The highest BCUT2D eigenvalue weighted by Gasteiger charge is 2.14. The van der Waals surface area contributed by atoms with Gasteiger partial charge in [-0.25, -0.2) is 4.79 Å². The molecule has 0 saturated carbocycles. The SMILES string of the molecule is CC(CC=O)c1ccc2oc(=O)n(C(C)C)c2c1. The zero-order chi connectivity index (χ0) is 13.3. The molecule has 0 aliphatic heterocycles. The number of aromatic nitrogens is 1. The van der Waals surface area contributed by atoms with Crippen LogP contribution < -0.4 is 5.76 Å². The first-order valence-corrected chi connectivity index (χ1v) is 6.13. The Kier molecular flexibility index (Phi) is 3.36. The molecule has 0 N–H and O–H groups in total. The Labute approximate surface area is 105 Å². The monoisotopic (exact) mass is 247 g/mol. The topological polar surface area (TPSA) is 52.2 Å². The Bertz CT molecular complexity index is 621. The number of fused-ring (bicyclic) bond motifs is 1. The van der Waals surface area contributed by atoms with Crippen molar-refractivity contribution in [1.82, 2.24) is 4.57 Å². The lowest BCUT2D eigenvalue weighted by Gasteiger charge is -2.10. The predicted octanol–water partition coefficient (Wildman–Crippen LogP) is 2.87. The average molecular weight is 247 g/mol. The normalized spacial score (nSPS) is 13.1. The van der Waals surface area contributed by atoms with E-state index in [2.05, 4.69) is 0 Å². The largest absolute Gasteiger partial charge is 0.420 e. The van der Waals surface area contributed by atoms with E-state index >= 15 is 0 Å². The molecule has 0 radical (unpaired) electrons. The lowest BCUT2D eigenvalue weighted by molar-refractivity contribution is -0.108. The predicted molar refractivity (Wildman–Crippen MR) is 70.0 cm³/mol. The third-order valence-electron chi connectivity index (χ3n) is 3.17. The van der Waals surface area contributed by atoms with Crippen molar-refractivity contribution in [3.8, 4) is 0 Å². The molecule has 1 heterocycles. The first-order chi connectivity index (χ1) is 8.54. The molecule has 96 valence electrons. The van der Waals surface area contributed by atoms with Gasteiger partial charge in [0.2, 0.25) is 0 Å². The van der Waals surface area contributed by atoms with Crippen molar-refractivity contribution in [2.45, 2.75) is 39.2 Å². The third-order valence-corrected chi connectivity index (χ3v) is 3.17. The number of hydrogen-bond donors (Lipinski definition) is 0. The van der Waals surface area contributed by atoms with E-state index in [4.69, 9.17) is 4.42 Å². The van der Waals surface area contributed by atoms with Gasteiger partial charge in [0.25, 0.3) is 0 Å². The molecular weight excluding hydrogens is 230 g/mol. The minimum absolute atomic E-state index is 0.0513. The second-order valence-corrected chi connectivity index (χ2v) is 4.86. The minimum atomic E-state index is -0.333. The fraction of sp³-hybridized carbons (Fsp3) is 0.429. The Hall–Kier alpha value is -1.84. The quantitative estimate of drug-likeness (QED) is 0.780. The van der Waals surface area contributed by atoms with Crippen LogP contribution in [-0.4, -0.2) is 10.9 Å². The molecule has 1 atom stereocenters. The summed E-state index contributed by atoms with van der Waals surface area (Å²) in [6.45, 7) is 5.88. The Morgan fingerprint density at radius 3 is 2.67 bits per heavy atom. The molecule has 0 aliphatic carbocycles. The van der Waals surface area contributed by atoms with Crippen molar-refractivity contribution >= 4 is 17.4 Å². The molecule has 4 heteroatoms. The van der Waals surface area contributed by atoms with Crippen LogP contribution in [0.4, 0.5) is 0 Å². The number of benzene rings is 1. The minimum Gasteiger partial charge on any atom is -0.408 e. The summed E-state index contributed by atoms with van der Waals surface area (Å²) in [6, 6.07) is 5.69. The van der Waals surface area contributed by atoms with E-state index in [1.807, 2.05) is 32.9 Å². The van der Waals surface area contributed by atoms with Gasteiger partial charge >= 0.3 is 5.76 Å². The van der Waals surface area contributed by atoms with Gasteiger partial charge in [-0.1, -0.05) is 13.0 Å². The fourth-order valence-electron chi connectivity index (χ4n) is 2.13. The van der Waals surface area contributed by atoms with E-state index in [9.17, 15) is 9.59 Å². The summed E-state index contributed by atoms with van der Waals surface area (Å²) in [5, 5.41) is 0. The molecule has 2 aromatic rings. The van der Waals surface area contributed by atoms with Gasteiger partial charge in [-0.2, -0.15) is 0 Å². The summed E-state index contributed by atoms with van der Waals surface area (Å²) in [5.74, 6) is -0.183. The zero-order valence-corrected chi connectivity index (χ0v) is 10.8. The Morgan fingerprint density at radius 2 is 2.06 bits per heavy atom. The molecule has 1 aromatic carbocycles. The fourth-order valence-corrected chi connectivity index (χ4v) is 2.13. The molecule has 0 aliphatic rings. The number of rotatable bonds is 4. The van der Waals surface area contributed by atoms with Gasteiger partial charge in [0.05, 0.1) is 5.52 Å². The summed E-state index contributed by atoms with van der Waals surface area (Å²) in [5.41, 5.74) is 2.44. The smallest absolute Gasteiger partial charge is 0.408 e. The summed E-state index contributed by atoms with van der Waals surface area (Å²) in [6.07, 6.45) is 1.40. The van der Waals surface area contributed by atoms with Crippen molar-refractivity contribution in [3.05, 3.63) is 34.3 Å². The molecule has 1 aromatic heterocycles. The van der Waals surface area contributed by atoms with Gasteiger partial charge in [-0.05, 0) is 37.5 Å². The summed E-state index contributed by atoms with van der Waals surface area (Å²) in [7, 11) is 0. The first kappa shape index (κ1) is 12.6. The Balaban J connectivity index is 2.59. The van der Waals surface area contributed by atoms with Crippen LogP contribution in [-0.2, 0) is 4.79 Å². The van der Waals surface area contributed by atoms with Crippen LogP contribution in [0.15, 0.2) is 27.4 Å². The van der Waals surface area contributed by atoms with Crippen LogP contribution in [0.5, 0.6) is 0 Å². The van der Waals surface area contributed by atoms with Crippen LogP contribution in [0.2, 0.25) is 0 Å². The molecule has 0 amide bonds. The molecule has 1 unspecified atom stereocenters. The van der Waals surface area contributed by atoms with Crippen LogP contribution in [0.3, 0.4) is 0 Å². The molecule has 18 heavy (non-hydrogen) atoms. The third kappa shape index (κ3) is 2.10. The lowest BCUT2D eigenvalue weighted by atomic mass is 9.98. The highest BCUT2D eigenvalue weighted by atomic mass is 16.4. The molecule has 0 fully saturated rings. The maximum absolute atomic E-state index is 11.7. The van der Waals surface area contributed by atoms with Crippen molar-refractivity contribution in [2.24, 2.45) is 0 Å².